The van der Waals surface area contributed by atoms with Gasteiger partial charge in [0.25, 0.3) is 11.8 Å². The first-order chi connectivity index (χ1) is 13.3. The smallest absolute Gasteiger partial charge is 0.274 e. The lowest BCUT2D eigenvalue weighted by Gasteiger charge is -2.17. The third kappa shape index (κ3) is 4.35. The van der Waals surface area contributed by atoms with E-state index in [1.54, 1.807) is 24.3 Å². The fraction of sp³-hybridized carbons (Fsp3) is 0.118. The number of anilines is 1. The average molecular weight is 594 g/mol. The molecule has 7 nitrogen and oxygen atoms in total. The molecule has 28 heavy (non-hydrogen) atoms. The summed E-state index contributed by atoms with van der Waals surface area (Å²) in [7, 11) is 1.52. The number of benzene rings is 1. The Morgan fingerprint density at radius 2 is 1.96 bits per heavy atom. The van der Waals surface area contributed by atoms with E-state index in [-0.39, 0.29) is 11.6 Å². The molecule has 0 unspecified atom stereocenters. The third-order valence-electron chi connectivity index (χ3n) is 3.77. The lowest BCUT2D eigenvalue weighted by Crippen LogP contribution is -2.27. The van der Waals surface area contributed by atoms with Crippen molar-refractivity contribution < 1.29 is 9.59 Å². The maximum Gasteiger partial charge on any atom is 0.274 e. The van der Waals surface area contributed by atoms with Crippen molar-refractivity contribution in [1.82, 2.24) is 20.4 Å². The Morgan fingerprint density at radius 1 is 1.21 bits per heavy atom. The zero-order valence-electron chi connectivity index (χ0n) is 14.3. The molecular formula is C17H13Br3ClN5O2. The summed E-state index contributed by atoms with van der Waals surface area (Å²) in [6.45, 7) is 0.559. The van der Waals surface area contributed by atoms with Gasteiger partial charge in [0.1, 0.15) is 16.1 Å². The lowest BCUT2D eigenvalue weighted by atomic mass is 10.1. The van der Waals surface area contributed by atoms with Gasteiger partial charge in [0.05, 0.1) is 16.3 Å². The highest BCUT2D eigenvalue weighted by molar-refractivity contribution is 9.11. The van der Waals surface area contributed by atoms with Crippen molar-refractivity contribution in [2.75, 3.05) is 18.9 Å². The van der Waals surface area contributed by atoms with Gasteiger partial charge in [0.2, 0.25) is 0 Å². The van der Waals surface area contributed by atoms with E-state index >= 15 is 0 Å². The number of allylic oxidation sites excluding steroid dienone is 2. The van der Waals surface area contributed by atoms with Crippen LogP contribution in [0.3, 0.4) is 0 Å². The molecule has 0 bridgehead atoms. The summed E-state index contributed by atoms with van der Waals surface area (Å²) in [6.07, 6.45) is 3.60. The van der Waals surface area contributed by atoms with Gasteiger partial charge in [-0.15, -0.1) is 0 Å². The van der Waals surface area contributed by atoms with Crippen molar-refractivity contribution >= 4 is 82.7 Å². The lowest BCUT2D eigenvalue weighted by molar-refractivity contribution is 0.0964. The van der Waals surface area contributed by atoms with Crippen LogP contribution in [0, 0.1) is 0 Å². The van der Waals surface area contributed by atoms with Crippen LogP contribution in [0.4, 0.5) is 5.69 Å². The molecular weight excluding hydrogens is 581 g/mol. The Hall–Kier alpha value is -1.62. The Morgan fingerprint density at radius 3 is 2.64 bits per heavy atom. The minimum Gasteiger partial charge on any atom is -0.365 e. The first-order valence-corrected chi connectivity index (χ1v) is 10.7. The highest BCUT2D eigenvalue weighted by Crippen LogP contribution is 2.32. The molecule has 0 fully saturated rings. The number of nitrogens with one attached hydrogen (secondary N) is 3. The van der Waals surface area contributed by atoms with Crippen molar-refractivity contribution in [3.63, 3.8) is 0 Å². The van der Waals surface area contributed by atoms with E-state index in [9.17, 15) is 9.59 Å². The number of nitrogens with zero attached hydrogens (tertiary/aromatic N) is 2. The van der Waals surface area contributed by atoms with E-state index < -0.39 is 5.91 Å². The molecule has 146 valence electrons. The zero-order chi connectivity index (χ0) is 20.4. The number of hydrogen-bond donors (Lipinski definition) is 3. The SMILES string of the molecule is CNC(=O)c1cc(Br)cc(Br)c1NC(=O)c1cc(Br)nn1C1=C(Cl)C=CCN1. The quantitative estimate of drug-likeness (QED) is 0.493. The summed E-state index contributed by atoms with van der Waals surface area (Å²) in [6, 6.07) is 4.93. The molecule has 1 aromatic heterocycles. The number of carbonyl (C=O) groups is 2. The molecule has 0 aliphatic carbocycles. The molecule has 0 saturated carbocycles. The summed E-state index contributed by atoms with van der Waals surface area (Å²) >= 11 is 16.3. The van der Waals surface area contributed by atoms with Gasteiger partial charge in [0, 0.05) is 28.6 Å². The van der Waals surface area contributed by atoms with E-state index in [1.165, 1.54) is 11.7 Å². The van der Waals surface area contributed by atoms with Gasteiger partial charge in [-0.25, -0.2) is 4.68 Å². The molecule has 2 heterocycles. The second-order valence-corrected chi connectivity index (χ2v) is 8.58. The van der Waals surface area contributed by atoms with Crippen LogP contribution >= 0.6 is 59.4 Å². The standard InChI is InChI=1S/C17H13Br3ClN5O2/c1-22-16(27)9-5-8(18)6-10(19)14(9)24-17(28)12-7-13(20)25-26(12)15-11(21)3-2-4-23-15/h2-3,5-7,23H,4H2,1H3,(H,22,27)(H,24,28). The minimum absolute atomic E-state index is 0.237. The summed E-state index contributed by atoms with van der Waals surface area (Å²) in [5.74, 6) is -0.307. The van der Waals surface area contributed by atoms with Crippen LogP contribution in [0.15, 0.2) is 48.9 Å². The van der Waals surface area contributed by atoms with Crippen molar-refractivity contribution in [3.05, 3.63) is 60.2 Å². The van der Waals surface area contributed by atoms with E-state index in [2.05, 4.69) is 68.8 Å². The number of hydrogen-bond acceptors (Lipinski definition) is 4. The molecule has 0 spiro atoms. The monoisotopic (exact) mass is 591 g/mol. The van der Waals surface area contributed by atoms with Gasteiger partial charge < -0.3 is 16.0 Å². The van der Waals surface area contributed by atoms with Crippen molar-refractivity contribution in [1.29, 1.82) is 0 Å². The van der Waals surface area contributed by atoms with Gasteiger partial charge in [-0.05, 0) is 50.1 Å². The number of rotatable bonds is 4. The van der Waals surface area contributed by atoms with Crippen LogP contribution in [0.1, 0.15) is 20.8 Å². The van der Waals surface area contributed by atoms with Crippen molar-refractivity contribution in [2.45, 2.75) is 0 Å². The van der Waals surface area contributed by atoms with Gasteiger partial charge in [-0.3, -0.25) is 9.59 Å². The first kappa shape index (κ1) is 21.1. The minimum atomic E-state index is -0.459. The third-order valence-corrected chi connectivity index (χ3v) is 5.54. The Bertz CT molecular complexity index is 1030. The van der Waals surface area contributed by atoms with Gasteiger partial charge in [-0.2, -0.15) is 5.10 Å². The molecule has 3 rings (SSSR count). The normalized spacial score (nSPS) is 13.3. The molecule has 3 N–H and O–H groups in total. The van der Waals surface area contributed by atoms with Crippen LogP contribution in [0.25, 0.3) is 5.82 Å². The topological polar surface area (TPSA) is 88.1 Å². The van der Waals surface area contributed by atoms with Gasteiger partial charge in [0.15, 0.2) is 0 Å². The molecule has 11 heteroatoms. The van der Waals surface area contributed by atoms with Crippen LogP contribution in [-0.4, -0.2) is 35.2 Å². The predicted octanol–water partition coefficient (Wildman–Crippen LogP) is 4.31. The molecule has 2 amide bonds. The Labute approximate surface area is 191 Å². The first-order valence-electron chi connectivity index (χ1n) is 7.90. The van der Waals surface area contributed by atoms with Crippen LogP contribution in [0.5, 0.6) is 0 Å². The highest BCUT2D eigenvalue weighted by Gasteiger charge is 2.23. The van der Waals surface area contributed by atoms with E-state index in [1.807, 2.05) is 6.08 Å². The fourth-order valence-electron chi connectivity index (χ4n) is 2.53. The highest BCUT2D eigenvalue weighted by atomic mass is 79.9. The molecule has 0 radical (unpaired) electrons. The molecule has 1 aliphatic heterocycles. The Kier molecular flexibility index (Phi) is 6.64. The summed E-state index contributed by atoms with van der Waals surface area (Å²) in [4.78, 5) is 25.3. The van der Waals surface area contributed by atoms with Gasteiger partial charge in [-0.1, -0.05) is 33.6 Å². The maximum atomic E-state index is 13.0. The zero-order valence-corrected chi connectivity index (χ0v) is 19.8. The summed E-state index contributed by atoms with van der Waals surface area (Å²) in [5, 5.41) is 13.2. The number of carbonyl (C=O) groups excluding carboxylic acids is 2. The second-order valence-electron chi connectivity index (χ2n) is 5.59. The van der Waals surface area contributed by atoms with Crippen molar-refractivity contribution in [3.8, 4) is 0 Å². The number of aromatic nitrogens is 2. The van der Waals surface area contributed by atoms with Crippen molar-refractivity contribution in [2.24, 2.45) is 0 Å². The predicted molar refractivity (Wildman–Crippen MR) is 119 cm³/mol. The molecule has 1 aliphatic rings. The number of amides is 2. The average Bonchev–Trinajstić information content (AvgIpc) is 3.05. The van der Waals surface area contributed by atoms with Crippen LogP contribution in [0.2, 0.25) is 0 Å². The van der Waals surface area contributed by atoms with E-state index in [0.717, 1.165) is 0 Å². The second kappa shape index (κ2) is 8.81. The molecule has 1 aromatic carbocycles. The fourth-order valence-corrected chi connectivity index (χ4v) is 4.47. The molecule has 0 atom stereocenters. The van der Waals surface area contributed by atoms with Crippen LogP contribution < -0.4 is 16.0 Å². The van der Waals surface area contributed by atoms with Crippen LogP contribution in [-0.2, 0) is 0 Å². The van der Waals surface area contributed by atoms with E-state index in [4.69, 9.17) is 11.6 Å². The largest absolute Gasteiger partial charge is 0.365 e. The summed E-state index contributed by atoms with van der Waals surface area (Å²) in [5.41, 5.74) is 0.881. The van der Waals surface area contributed by atoms with E-state index in [0.29, 0.717) is 42.2 Å². The van der Waals surface area contributed by atoms with Gasteiger partial charge >= 0.3 is 0 Å². The Balaban J connectivity index is 2.02. The maximum absolute atomic E-state index is 13.0. The number of halogens is 4. The molecule has 2 aromatic rings. The summed E-state index contributed by atoms with van der Waals surface area (Å²) < 4.78 is 3.12. The molecule has 0 saturated heterocycles. The number of dihydropyridines is 1.